The second-order valence-corrected chi connectivity index (χ2v) is 4.40. The van der Waals surface area contributed by atoms with E-state index in [9.17, 15) is 9.18 Å². The van der Waals surface area contributed by atoms with E-state index in [2.05, 4.69) is 0 Å². The molecule has 86 valence electrons. The van der Waals surface area contributed by atoms with Gasteiger partial charge in [0, 0.05) is 11.5 Å². The van der Waals surface area contributed by atoms with Gasteiger partial charge in [-0.15, -0.1) is 0 Å². The third-order valence-electron chi connectivity index (χ3n) is 3.29. The normalized spacial score (nSPS) is 17.3. The number of hydrogen-bond donors (Lipinski definition) is 1. The molecule has 0 radical (unpaired) electrons. The zero-order valence-electron chi connectivity index (χ0n) is 9.21. The lowest BCUT2D eigenvalue weighted by Gasteiger charge is -2.20. The van der Waals surface area contributed by atoms with Gasteiger partial charge < -0.3 is 5.73 Å². The molecular formula is C13H16FNO. The largest absolute Gasteiger partial charge is 0.396 e. The van der Waals surface area contributed by atoms with E-state index < -0.39 is 5.82 Å². The summed E-state index contributed by atoms with van der Waals surface area (Å²) in [4.78, 5) is 12.1. The van der Waals surface area contributed by atoms with Crippen LogP contribution in [0, 0.1) is 11.7 Å². The van der Waals surface area contributed by atoms with Crippen molar-refractivity contribution in [3.05, 3.63) is 29.6 Å². The standard InChI is InChI=1S/C13H16FNO/c14-11-8-4-7-10(12(11)15)13(16)9-5-2-1-3-6-9/h4,7-9H,1-3,5-6,15H2. The first-order valence-electron chi connectivity index (χ1n) is 5.78. The Kier molecular flexibility index (Phi) is 3.22. The van der Waals surface area contributed by atoms with Gasteiger partial charge in [0.05, 0.1) is 5.69 Å². The molecule has 0 aromatic heterocycles. The highest BCUT2D eigenvalue weighted by atomic mass is 19.1. The average molecular weight is 221 g/mol. The second-order valence-electron chi connectivity index (χ2n) is 4.40. The van der Waals surface area contributed by atoms with Crippen molar-refractivity contribution in [2.24, 2.45) is 5.92 Å². The molecule has 1 saturated carbocycles. The molecular weight excluding hydrogens is 205 g/mol. The summed E-state index contributed by atoms with van der Waals surface area (Å²) in [7, 11) is 0. The Morgan fingerprint density at radius 3 is 2.62 bits per heavy atom. The predicted molar refractivity (Wildman–Crippen MR) is 61.7 cm³/mol. The molecule has 0 spiro atoms. The van der Waals surface area contributed by atoms with Gasteiger partial charge in [0.1, 0.15) is 5.82 Å². The first-order chi connectivity index (χ1) is 7.70. The summed E-state index contributed by atoms with van der Waals surface area (Å²) in [5.74, 6) is -0.448. The first kappa shape index (κ1) is 11.1. The second kappa shape index (κ2) is 4.64. The van der Waals surface area contributed by atoms with Gasteiger partial charge in [0.2, 0.25) is 0 Å². The Hall–Kier alpha value is -1.38. The Labute approximate surface area is 94.6 Å². The molecule has 1 aliphatic rings. The molecule has 0 amide bonds. The number of halogens is 1. The number of ketones is 1. The van der Waals surface area contributed by atoms with E-state index in [1.165, 1.54) is 12.5 Å². The quantitative estimate of drug-likeness (QED) is 0.615. The maximum atomic E-state index is 13.2. The third kappa shape index (κ3) is 2.08. The molecule has 2 nitrogen and oxygen atoms in total. The van der Waals surface area contributed by atoms with Gasteiger partial charge in [0.15, 0.2) is 5.78 Å². The number of benzene rings is 1. The van der Waals surface area contributed by atoms with E-state index in [1.54, 1.807) is 12.1 Å². The average Bonchev–Trinajstić information content (AvgIpc) is 2.33. The molecule has 1 fully saturated rings. The molecule has 1 aliphatic carbocycles. The molecule has 16 heavy (non-hydrogen) atoms. The van der Waals surface area contributed by atoms with Crippen LogP contribution in [0.1, 0.15) is 42.5 Å². The van der Waals surface area contributed by atoms with Crippen LogP contribution >= 0.6 is 0 Å². The number of nitrogen functional groups attached to an aromatic ring is 1. The number of rotatable bonds is 2. The minimum absolute atomic E-state index is 0.00178. The van der Waals surface area contributed by atoms with Crippen LogP contribution in [0.15, 0.2) is 18.2 Å². The molecule has 1 aromatic carbocycles. The van der Waals surface area contributed by atoms with Crippen LogP contribution in [0.5, 0.6) is 0 Å². The van der Waals surface area contributed by atoms with Crippen LogP contribution in [0.25, 0.3) is 0 Å². The molecule has 2 N–H and O–H groups in total. The topological polar surface area (TPSA) is 43.1 Å². The summed E-state index contributed by atoms with van der Waals surface area (Å²) in [5.41, 5.74) is 5.95. The number of nitrogens with two attached hydrogens (primary N) is 1. The van der Waals surface area contributed by atoms with E-state index in [0.717, 1.165) is 25.7 Å². The lowest BCUT2D eigenvalue weighted by molar-refractivity contribution is 0.0890. The smallest absolute Gasteiger partial charge is 0.168 e. The van der Waals surface area contributed by atoms with Gasteiger partial charge in [-0.3, -0.25) is 4.79 Å². The molecule has 1 aromatic rings. The van der Waals surface area contributed by atoms with Crippen LogP contribution in [0.4, 0.5) is 10.1 Å². The summed E-state index contributed by atoms with van der Waals surface area (Å²) in [5, 5.41) is 0. The van der Waals surface area contributed by atoms with Crippen molar-refractivity contribution in [3.8, 4) is 0 Å². The van der Waals surface area contributed by atoms with Crippen molar-refractivity contribution < 1.29 is 9.18 Å². The fourth-order valence-corrected chi connectivity index (χ4v) is 2.34. The number of Topliss-reactive ketones (excluding diaryl/α,β-unsaturated/α-hetero) is 1. The summed E-state index contributed by atoms with van der Waals surface area (Å²) in [6.07, 6.45) is 5.20. The fraction of sp³-hybridized carbons (Fsp3) is 0.462. The third-order valence-corrected chi connectivity index (χ3v) is 3.29. The lowest BCUT2D eigenvalue weighted by Crippen LogP contribution is -2.19. The number of carbonyl (C=O) groups excluding carboxylic acids is 1. The molecule has 2 rings (SSSR count). The highest BCUT2D eigenvalue weighted by Crippen LogP contribution is 2.29. The van der Waals surface area contributed by atoms with E-state index in [-0.39, 0.29) is 17.4 Å². The van der Waals surface area contributed by atoms with Crippen molar-refractivity contribution in [3.63, 3.8) is 0 Å². The predicted octanol–water partition coefficient (Wildman–Crippen LogP) is 3.17. The highest BCUT2D eigenvalue weighted by Gasteiger charge is 2.24. The van der Waals surface area contributed by atoms with E-state index in [4.69, 9.17) is 5.73 Å². The highest BCUT2D eigenvalue weighted by molar-refractivity contribution is 6.02. The number of hydrogen-bond acceptors (Lipinski definition) is 2. The van der Waals surface area contributed by atoms with Gasteiger partial charge in [0.25, 0.3) is 0 Å². The molecule has 0 unspecified atom stereocenters. The minimum Gasteiger partial charge on any atom is -0.396 e. The molecule has 0 aliphatic heterocycles. The maximum absolute atomic E-state index is 13.2. The lowest BCUT2D eigenvalue weighted by atomic mass is 9.83. The Bertz CT molecular complexity index is 397. The van der Waals surface area contributed by atoms with Crippen molar-refractivity contribution in [2.75, 3.05) is 5.73 Å². The summed E-state index contributed by atoms with van der Waals surface area (Å²) in [6.45, 7) is 0. The monoisotopic (exact) mass is 221 g/mol. The summed E-state index contributed by atoms with van der Waals surface area (Å²) < 4.78 is 13.2. The van der Waals surface area contributed by atoms with Crippen LogP contribution < -0.4 is 5.73 Å². The Morgan fingerprint density at radius 2 is 1.94 bits per heavy atom. The molecule has 0 atom stereocenters. The molecule has 0 heterocycles. The van der Waals surface area contributed by atoms with Crippen LogP contribution in [0.3, 0.4) is 0 Å². The van der Waals surface area contributed by atoms with Crippen molar-refractivity contribution in [2.45, 2.75) is 32.1 Å². The van der Waals surface area contributed by atoms with Crippen LogP contribution in [-0.2, 0) is 0 Å². The number of para-hydroxylation sites is 1. The van der Waals surface area contributed by atoms with Crippen molar-refractivity contribution in [1.29, 1.82) is 0 Å². The van der Waals surface area contributed by atoms with Gasteiger partial charge in [-0.2, -0.15) is 0 Å². The SMILES string of the molecule is Nc1c(F)cccc1C(=O)C1CCCCC1. The molecule has 0 bridgehead atoms. The molecule has 3 heteroatoms. The van der Waals surface area contributed by atoms with Gasteiger partial charge in [-0.25, -0.2) is 4.39 Å². The van der Waals surface area contributed by atoms with Gasteiger partial charge >= 0.3 is 0 Å². The zero-order valence-corrected chi connectivity index (χ0v) is 9.21. The van der Waals surface area contributed by atoms with E-state index in [1.807, 2.05) is 0 Å². The molecule has 0 saturated heterocycles. The first-order valence-corrected chi connectivity index (χ1v) is 5.78. The Balaban J connectivity index is 2.22. The zero-order chi connectivity index (χ0) is 11.5. The number of anilines is 1. The fourth-order valence-electron chi connectivity index (χ4n) is 2.34. The number of carbonyl (C=O) groups is 1. The summed E-state index contributed by atoms with van der Waals surface area (Å²) >= 11 is 0. The van der Waals surface area contributed by atoms with Crippen molar-refractivity contribution >= 4 is 11.5 Å². The van der Waals surface area contributed by atoms with Crippen molar-refractivity contribution in [1.82, 2.24) is 0 Å². The van der Waals surface area contributed by atoms with Crippen LogP contribution in [0.2, 0.25) is 0 Å². The minimum atomic E-state index is -0.498. The van der Waals surface area contributed by atoms with E-state index in [0.29, 0.717) is 5.56 Å². The van der Waals surface area contributed by atoms with Gasteiger partial charge in [-0.1, -0.05) is 25.3 Å². The van der Waals surface area contributed by atoms with Crippen LogP contribution in [-0.4, -0.2) is 5.78 Å². The summed E-state index contributed by atoms with van der Waals surface area (Å²) in [6, 6.07) is 4.45. The van der Waals surface area contributed by atoms with E-state index >= 15 is 0 Å². The van der Waals surface area contributed by atoms with Gasteiger partial charge in [-0.05, 0) is 25.0 Å². The Morgan fingerprint density at radius 1 is 1.25 bits per heavy atom. The maximum Gasteiger partial charge on any atom is 0.168 e.